The maximum absolute atomic E-state index is 13.8. The molecular formula is C20H28FN3O3S. The van der Waals surface area contributed by atoms with Crippen molar-refractivity contribution in [2.24, 2.45) is 5.92 Å². The van der Waals surface area contributed by atoms with Gasteiger partial charge in [0, 0.05) is 17.5 Å². The first-order valence-electron chi connectivity index (χ1n) is 9.94. The zero-order valence-electron chi connectivity index (χ0n) is 16.2. The molecule has 0 radical (unpaired) electrons. The topological polar surface area (TPSA) is 70.7 Å². The predicted molar refractivity (Wildman–Crippen MR) is 107 cm³/mol. The number of unbranched alkanes of at least 4 members (excludes halogenated alkanes) is 2. The van der Waals surface area contributed by atoms with E-state index >= 15 is 0 Å². The Morgan fingerprint density at radius 2 is 2.14 bits per heavy atom. The highest BCUT2D eigenvalue weighted by atomic mass is 32.2. The van der Waals surface area contributed by atoms with Gasteiger partial charge in [-0.3, -0.25) is 14.8 Å². The minimum atomic E-state index is -0.313. The number of hydrogen-bond acceptors (Lipinski definition) is 5. The van der Waals surface area contributed by atoms with Gasteiger partial charge in [0.2, 0.25) is 5.91 Å². The molecule has 0 spiro atoms. The van der Waals surface area contributed by atoms with Crippen molar-refractivity contribution >= 4 is 23.9 Å². The van der Waals surface area contributed by atoms with Gasteiger partial charge in [-0.15, -0.1) is 0 Å². The van der Waals surface area contributed by atoms with Crippen LogP contribution in [0, 0.1) is 11.7 Å². The van der Waals surface area contributed by atoms with Gasteiger partial charge in [0.15, 0.2) is 11.6 Å². The van der Waals surface area contributed by atoms with Crippen LogP contribution in [0.25, 0.3) is 0 Å². The highest BCUT2D eigenvalue weighted by molar-refractivity contribution is 7.97. The van der Waals surface area contributed by atoms with Crippen molar-refractivity contribution in [3.05, 3.63) is 24.0 Å². The molecule has 1 saturated heterocycles. The SMILES string of the molecule is CC(CCCCCN1CC(=O)NC1=O)NSc1ccc(F)c(OCC2CC2)c1. The molecule has 0 bridgehead atoms. The van der Waals surface area contributed by atoms with E-state index < -0.39 is 0 Å². The number of benzene rings is 1. The van der Waals surface area contributed by atoms with E-state index in [2.05, 4.69) is 17.0 Å². The molecule has 3 rings (SSSR count). The summed E-state index contributed by atoms with van der Waals surface area (Å²) in [5.41, 5.74) is 0. The van der Waals surface area contributed by atoms with E-state index in [9.17, 15) is 14.0 Å². The third kappa shape index (κ3) is 6.67. The second kappa shape index (κ2) is 10.1. The van der Waals surface area contributed by atoms with Crippen LogP contribution in [0.4, 0.5) is 9.18 Å². The molecule has 0 aromatic heterocycles. The zero-order chi connectivity index (χ0) is 19.9. The summed E-state index contributed by atoms with van der Waals surface area (Å²) in [5, 5.41) is 2.28. The number of nitrogens with zero attached hydrogens (tertiary/aromatic N) is 1. The quantitative estimate of drug-likeness (QED) is 0.313. The first-order chi connectivity index (χ1) is 13.5. The van der Waals surface area contributed by atoms with Crippen LogP contribution < -0.4 is 14.8 Å². The Bertz CT molecular complexity index is 699. The monoisotopic (exact) mass is 409 g/mol. The summed E-state index contributed by atoms with van der Waals surface area (Å²) in [4.78, 5) is 25.1. The smallest absolute Gasteiger partial charge is 0.324 e. The molecule has 1 aliphatic heterocycles. The lowest BCUT2D eigenvalue weighted by Crippen LogP contribution is -2.29. The van der Waals surface area contributed by atoms with Gasteiger partial charge in [-0.2, -0.15) is 0 Å². The van der Waals surface area contributed by atoms with Crippen LogP contribution >= 0.6 is 11.9 Å². The highest BCUT2D eigenvalue weighted by Crippen LogP contribution is 2.31. The van der Waals surface area contributed by atoms with Gasteiger partial charge in [0.05, 0.1) is 6.61 Å². The number of ether oxygens (including phenoxy) is 1. The first kappa shape index (κ1) is 20.9. The van der Waals surface area contributed by atoms with E-state index in [1.54, 1.807) is 17.0 Å². The number of urea groups is 1. The zero-order valence-corrected chi connectivity index (χ0v) is 17.0. The lowest BCUT2D eigenvalue weighted by molar-refractivity contribution is -0.118. The molecule has 1 aromatic carbocycles. The molecule has 1 aromatic rings. The van der Waals surface area contributed by atoms with Gasteiger partial charge in [-0.05, 0) is 68.7 Å². The Labute approximate surface area is 169 Å². The second-order valence-corrected chi connectivity index (χ2v) is 8.50. The molecule has 3 amide bonds. The van der Waals surface area contributed by atoms with Crippen LogP contribution in [0.2, 0.25) is 0 Å². The number of imide groups is 1. The highest BCUT2D eigenvalue weighted by Gasteiger charge is 2.25. The van der Waals surface area contributed by atoms with Crippen molar-refractivity contribution < 1.29 is 18.7 Å². The normalized spacial score (nSPS) is 17.7. The Hall–Kier alpha value is -1.80. The second-order valence-electron chi connectivity index (χ2n) is 7.59. The van der Waals surface area contributed by atoms with E-state index in [1.807, 2.05) is 0 Å². The van der Waals surface area contributed by atoms with E-state index in [4.69, 9.17) is 4.74 Å². The van der Waals surface area contributed by atoms with Gasteiger partial charge >= 0.3 is 6.03 Å². The van der Waals surface area contributed by atoms with Crippen LogP contribution in [0.3, 0.4) is 0 Å². The van der Waals surface area contributed by atoms with E-state index in [-0.39, 0.29) is 24.3 Å². The molecule has 1 heterocycles. The molecule has 2 aliphatic rings. The average Bonchev–Trinajstić information content (AvgIpc) is 3.43. The van der Waals surface area contributed by atoms with Crippen LogP contribution in [0.15, 0.2) is 23.1 Å². The van der Waals surface area contributed by atoms with Crippen LogP contribution in [-0.2, 0) is 4.79 Å². The molecular weight excluding hydrogens is 381 g/mol. The molecule has 2 N–H and O–H groups in total. The average molecular weight is 410 g/mol. The molecule has 28 heavy (non-hydrogen) atoms. The molecule has 154 valence electrons. The summed E-state index contributed by atoms with van der Waals surface area (Å²) >= 11 is 1.49. The molecule has 1 unspecified atom stereocenters. The summed E-state index contributed by atoms with van der Waals surface area (Å²) in [6.45, 7) is 3.51. The van der Waals surface area contributed by atoms with Crippen molar-refractivity contribution in [2.45, 2.75) is 56.4 Å². The standard InChI is InChI=1S/C20H28FN3O3S/c1-14(5-3-2-4-10-24-12-19(25)22-20(24)26)23-28-16-8-9-17(21)18(11-16)27-13-15-6-7-15/h8-9,11,14-15,23H,2-7,10,12-13H2,1H3,(H,22,25,26). The van der Waals surface area contributed by atoms with Crippen molar-refractivity contribution in [1.29, 1.82) is 0 Å². The number of nitrogens with one attached hydrogen (secondary N) is 2. The Morgan fingerprint density at radius 1 is 1.32 bits per heavy atom. The van der Waals surface area contributed by atoms with Gasteiger partial charge in [-0.25, -0.2) is 9.18 Å². The molecule has 6 nitrogen and oxygen atoms in total. The fourth-order valence-corrected chi connectivity index (χ4v) is 3.73. The minimum absolute atomic E-state index is 0.178. The Morgan fingerprint density at radius 3 is 2.86 bits per heavy atom. The Kier molecular flexibility index (Phi) is 7.56. The van der Waals surface area contributed by atoms with Gasteiger partial charge in [0.1, 0.15) is 6.54 Å². The Balaban J connectivity index is 1.29. The van der Waals surface area contributed by atoms with Crippen molar-refractivity contribution in [3.8, 4) is 5.75 Å². The summed E-state index contributed by atoms with van der Waals surface area (Å²) in [6.07, 6.45) is 6.29. The van der Waals surface area contributed by atoms with Crippen molar-refractivity contribution in [2.75, 3.05) is 19.7 Å². The number of hydrogen-bond donors (Lipinski definition) is 2. The predicted octanol–water partition coefficient (Wildman–Crippen LogP) is 3.71. The van der Waals surface area contributed by atoms with Gasteiger partial charge in [-0.1, -0.05) is 12.8 Å². The van der Waals surface area contributed by atoms with E-state index in [0.29, 0.717) is 30.9 Å². The number of amides is 3. The van der Waals surface area contributed by atoms with Crippen molar-refractivity contribution in [1.82, 2.24) is 14.9 Å². The summed E-state index contributed by atoms with van der Waals surface area (Å²) in [7, 11) is 0. The number of carbonyl (C=O) groups excluding carboxylic acids is 2. The van der Waals surface area contributed by atoms with Crippen LogP contribution in [0.5, 0.6) is 5.75 Å². The summed E-state index contributed by atoms with van der Waals surface area (Å²) < 4.78 is 22.8. The fraction of sp³-hybridized carbons (Fsp3) is 0.600. The molecule has 8 heteroatoms. The first-order valence-corrected chi connectivity index (χ1v) is 10.8. The third-order valence-electron chi connectivity index (χ3n) is 4.89. The lowest BCUT2D eigenvalue weighted by Gasteiger charge is -2.15. The third-order valence-corrected chi connectivity index (χ3v) is 5.90. The van der Waals surface area contributed by atoms with Gasteiger partial charge < -0.3 is 9.64 Å². The summed E-state index contributed by atoms with van der Waals surface area (Å²) in [5.74, 6) is 0.387. The molecule has 2 fully saturated rings. The molecule has 1 saturated carbocycles. The lowest BCUT2D eigenvalue weighted by atomic mass is 10.1. The molecule has 1 atom stereocenters. The van der Waals surface area contributed by atoms with E-state index in [1.165, 1.54) is 30.9 Å². The van der Waals surface area contributed by atoms with Crippen LogP contribution in [-0.4, -0.2) is 42.6 Å². The molecule has 1 aliphatic carbocycles. The minimum Gasteiger partial charge on any atom is -0.490 e. The van der Waals surface area contributed by atoms with Gasteiger partial charge in [0.25, 0.3) is 0 Å². The number of rotatable bonds is 12. The largest absolute Gasteiger partial charge is 0.490 e. The van der Waals surface area contributed by atoms with E-state index in [0.717, 1.165) is 30.6 Å². The maximum atomic E-state index is 13.8. The van der Waals surface area contributed by atoms with Crippen LogP contribution in [0.1, 0.15) is 45.4 Å². The fourth-order valence-electron chi connectivity index (χ4n) is 2.97. The van der Waals surface area contributed by atoms with Crippen molar-refractivity contribution in [3.63, 3.8) is 0 Å². The number of carbonyl (C=O) groups is 2. The maximum Gasteiger partial charge on any atom is 0.324 e. The number of halogens is 1. The summed E-state index contributed by atoms with van der Waals surface area (Å²) in [6, 6.07) is 4.99.